The molecule has 0 aliphatic rings. The van der Waals surface area contributed by atoms with Gasteiger partial charge in [-0.3, -0.25) is 0 Å². The van der Waals surface area contributed by atoms with Crippen LogP contribution < -0.4 is 10.3 Å². The standard InChI is InChI=1S/C18H13Cl2N5/c19-13-7-5-12(6-8-13)18(22-17-10-9-14(20)11-21-17)25-16-4-2-1-3-15(16)23-24-25/h1-11,18H,(H,21,22)/p+1/t18-/m0/s1. The number of para-hydroxylation sites is 1. The van der Waals surface area contributed by atoms with E-state index in [2.05, 4.69) is 20.6 Å². The van der Waals surface area contributed by atoms with E-state index < -0.39 is 0 Å². The van der Waals surface area contributed by atoms with E-state index in [1.165, 1.54) is 0 Å². The molecule has 0 fully saturated rings. The Morgan fingerprint density at radius 2 is 1.68 bits per heavy atom. The number of aromatic amines is 1. The lowest BCUT2D eigenvalue weighted by Crippen LogP contribution is -2.24. The van der Waals surface area contributed by atoms with Gasteiger partial charge in [-0.15, -0.1) is 5.10 Å². The first-order chi connectivity index (χ1) is 12.2. The second kappa shape index (κ2) is 6.70. The summed E-state index contributed by atoms with van der Waals surface area (Å²) >= 11 is 12.0. The molecule has 4 rings (SSSR count). The summed E-state index contributed by atoms with van der Waals surface area (Å²) in [5.74, 6) is 0.809. The van der Waals surface area contributed by atoms with E-state index in [0.717, 1.165) is 22.4 Å². The molecule has 0 radical (unpaired) electrons. The van der Waals surface area contributed by atoms with Crippen LogP contribution >= 0.6 is 23.2 Å². The zero-order valence-electron chi connectivity index (χ0n) is 13.0. The zero-order valence-corrected chi connectivity index (χ0v) is 14.5. The Morgan fingerprint density at radius 3 is 2.44 bits per heavy atom. The van der Waals surface area contributed by atoms with Crippen molar-refractivity contribution in [1.29, 1.82) is 0 Å². The number of nitrogens with zero attached hydrogens (tertiary/aromatic N) is 3. The third-order valence-corrected chi connectivity index (χ3v) is 4.36. The van der Waals surface area contributed by atoms with E-state index in [-0.39, 0.29) is 6.17 Å². The smallest absolute Gasteiger partial charge is 0.248 e. The largest absolute Gasteiger partial charge is 0.274 e. The molecule has 1 atom stereocenters. The first kappa shape index (κ1) is 15.9. The lowest BCUT2D eigenvalue weighted by atomic mass is 10.1. The first-order valence-corrected chi connectivity index (χ1v) is 8.45. The Bertz CT molecular complexity index is 996. The van der Waals surface area contributed by atoms with Crippen LogP contribution in [-0.4, -0.2) is 15.0 Å². The van der Waals surface area contributed by atoms with E-state index >= 15 is 0 Å². The number of rotatable bonds is 4. The van der Waals surface area contributed by atoms with Crippen LogP contribution in [0.25, 0.3) is 11.0 Å². The molecule has 2 heterocycles. The van der Waals surface area contributed by atoms with Crippen LogP contribution in [0.2, 0.25) is 10.0 Å². The number of fused-ring (bicyclic) bond motifs is 1. The van der Waals surface area contributed by atoms with Gasteiger partial charge < -0.3 is 0 Å². The monoisotopic (exact) mass is 370 g/mol. The first-order valence-electron chi connectivity index (χ1n) is 7.70. The molecule has 0 unspecified atom stereocenters. The summed E-state index contributed by atoms with van der Waals surface area (Å²) in [6, 6.07) is 19.2. The summed E-state index contributed by atoms with van der Waals surface area (Å²) in [5.41, 5.74) is 2.77. The molecule has 2 aromatic heterocycles. The van der Waals surface area contributed by atoms with Crippen molar-refractivity contribution in [3.63, 3.8) is 0 Å². The molecule has 0 amide bonds. The van der Waals surface area contributed by atoms with Gasteiger partial charge in [0.1, 0.15) is 11.7 Å². The number of pyridine rings is 1. The normalized spacial score (nSPS) is 12.2. The summed E-state index contributed by atoms with van der Waals surface area (Å²) in [6.45, 7) is 0. The van der Waals surface area contributed by atoms with Gasteiger partial charge in [0.05, 0.1) is 10.5 Å². The van der Waals surface area contributed by atoms with E-state index in [0.29, 0.717) is 10.0 Å². The Balaban J connectivity index is 1.80. The van der Waals surface area contributed by atoms with Gasteiger partial charge in [-0.25, -0.2) is 10.3 Å². The average Bonchev–Trinajstić information content (AvgIpc) is 3.06. The van der Waals surface area contributed by atoms with Crippen LogP contribution in [-0.2, 0) is 0 Å². The van der Waals surface area contributed by atoms with Crippen molar-refractivity contribution in [2.75, 3.05) is 5.32 Å². The van der Waals surface area contributed by atoms with Crippen molar-refractivity contribution in [3.8, 4) is 0 Å². The van der Waals surface area contributed by atoms with E-state index in [4.69, 9.17) is 23.2 Å². The predicted octanol–water partition coefficient (Wildman–Crippen LogP) is 4.21. The molecule has 25 heavy (non-hydrogen) atoms. The molecule has 5 nitrogen and oxygen atoms in total. The van der Waals surface area contributed by atoms with Crippen LogP contribution in [0.1, 0.15) is 11.7 Å². The maximum absolute atomic E-state index is 6.04. The van der Waals surface area contributed by atoms with Gasteiger partial charge >= 0.3 is 0 Å². The fourth-order valence-corrected chi connectivity index (χ4v) is 2.89. The van der Waals surface area contributed by atoms with Crippen LogP contribution in [0.3, 0.4) is 0 Å². The van der Waals surface area contributed by atoms with Gasteiger partial charge in [0.25, 0.3) is 5.82 Å². The minimum absolute atomic E-state index is 0.262. The molecular formula is C18H14Cl2N5+. The van der Waals surface area contributed by atoms with E-state index in [1.807, 2.05) is 65.3 Å². The van der Waals surface area contributed by atoms with Crippen LogP contribution in [0.5, 0.6) is 0 Å². The highest BCUT2D eigenvalue weighted by molar-refractivity contribution is 6.30. The van der Waals surface area contributed by atoms with Gasteiger partial charge in [0.2, 0.25) is 6.17 Å². The predicted molar refractivity (Wildman–Crippen MR) is 98.7 cm³/mol. The van der Waals surface area contributed by atoms with Gasteiger partial charge in [0, 0.05) is 16.7 Å². The Hall–Kier alpha value is -2.63. The third-order valence-electron chi connectivity index (χ3n) is 3.87. The third kappa shape index (κ3) is 3.29. The maximum atomic E-state index is 6.04. The molecule has 124 valence electrons. The number of nitrogens with one attached hydrogen (secondary N) is 2. The minimum atomic E-state index is -0.262. The number of hydrogen-bond donors (Lipinski definition) is 1. The van der Waals surface area contributed by atoms with Crippen molar-refractivity contribution in [3.05, 3.63) is 82.5 Å². The fourth-order valence-electron chi connectivity index (χ4n) is 2.65. The molecule has 0 saturated carbocycles. The lowest BCUT2D eigenvalue weighted by Gasteiger charge is -2.16. The highest BCUT2D eigenvalue weighted by Crippen LogP contribution is 2.24. The lowest BCUT2D eigenvalue weighted by molar-refractivity contribution is -0.361. The molecule has 2 aromatic carbocycles. The highest BCUT2D eigenvalue weighted by Gasteiger charge is 2.22. The topological polar surface area (TPSA) is 56.9 Å². The number of halogens is 2. The SMILES string of the molecule is Clc1ccc([C@@H](Nc2ccc(Cl)c[nH+]2)n2nnc3ccccc32)cc1. The molecule has 0 bridgehead atoms. The number of hydrogen-bond acceptors (Lipinski definition) is 3. The van der Waals surface area contributed by atoms with Gasteiger partial charge in [-0.2, -0.15) is 4.68 Å². The van der Waals surface area contributed by atoms with Crippen LogP contribution in [0.4, 0.5) is 5.82 Å². The summed E-state index contributed by atoms with van der Waals surface area (Å²) in [6.07, 6.45) is 1.46. The molecule has 0 aliphatic heterocycles. The molecule has 0 spiro atoms. The highest BCUT2D eigenvalue weighted by atomic mass is 35.5. The fraction of sp³-hybridized carbons (Fsp3) is 0.0556. The molecule has 0 aliphatic carbocycles. The van der Waals surface area contributed by atoms with Crippen molar-refractivity contribution >= 4 is 40.1 Å². The van der Waals surface area contributed by atoms with Gasteiger partial charge in [0.15, 0.2) is 0 Å². The van der Waals surface area contributed by atoms with Crippen molar-refractivity contribution in [2.24, 2.45) is 0 Å². The molecule has 7 heteroatoms. The Labute approximate surface area is 154 Å². The Kier molecular flexibility index (Phi) is 4.26. The second-order valence-electron chi connectivity index (χ2n) is 5.54. The number of anilines is 1. The van der Waals surface area contributed by atoms with Gasteiger partial charge in [-0.1, -0.05) is 52.7 Å². The van der Waals surface area contributed by atoms with Crippen LogP contribution in [0, 0.1) is 0 Å². The number of benzene rings is 2. The molecule has 4 aromatic rings. The minimum Gasteiger partial charge on any atom is -0.248 e. The summed E-state index contributed by atoms with van der Waals surface area (Å²) in [5, 5.41) is 13.4. The molecule has 0 saturated heterocycles. The second-order valence-corrected chi connectivity index (χ2v) is 6.41. The number of H-pyrrole nitrogens is 1. The van der Waals surface area contributed by atoms with Crippen molar-refractivity contribution in [2.45, 2.75) is 6.17 Å². The van der Waals surface area contributed by atoms with Crippen molar-refractivity contribution < 1.29 is 4.98 Å². The summed E-state index contributed by atoms with van der Waals surface area (Å²) < 4.78 is 1.85. The maximum Gasteiger partial charge on any atom is 0.274 e. The number of aromatic nitrogens is 4. The van der Waals surface area contributed by atoms with E-state index in [9.17, 15) is 0 Å². The Morgan fingerprint density at radius 1 is 0.920 bits per heavy atom. The zero-order chi connectivity index (χ0) is 17.2. The molecule has 2 N–H and O–H groups in total. The quantitative estimate of drug-likeness (QED) is 0.585. The van der Waals surface area contributed by atoms with Crippen molar-refractivity contribution in [1.82, 2.24) is 15.0 Å². The van der Waals surface area contributed by atoms with E-state index in [1.54, 1.807) is 6.20 Å². The van der Waals surface area contributed by atoms with Gasteiger partial charge in [-0.05, 0) is 30.3 Å². The average molecular weight is 371 g/mol. The van der Waals surface area contributed by atoms with Crippen LogP contribution in [0.15, 0.2) is 66.9 Å². The molecular weight excluding hydrogens is 357 g/mol. The summed E-state index contributed by atoms with van der Waals surface area (Å²) in [4.78, 5) is 3.13. The summed E-state index contributed by atoms with van der Waals surface area (Å²) in [7, 11) is 0.